The number of nitrogens with zero attached hydrogens (tertiary/aromatic N) is 2. The maximum absolute atomic E-state index is 13.5. The minimum Gasteiger partial charge on any atom is -0.481 e. The van der Waals surface area contributed by atoms with Gasteiger partial charge < -0.3 is 10.0 Å². The molecule has 5 nitrogen and oxygen atoms in total. The van der Waals surface area contributed by atoms with Crippen molar-refractivity contribution in [3.05, 3.63) is 102 Å². The van der Waals surface area contributed by atoms with Crippen molar-refractivity contribution in [3.8, 4) is 11.3 Å². The van der Waals surface area contributed by atoms with Gasteiger partial charge in [0.15, 0.2) is 0 Å². The lowest BCUT2D eigenvalue weighted by atomic mass is 9.90. The fourth-order valence-corrected chi connectivity index (χ4v) is 5.32. The molecule has 0 radical (unpaired) electrons. The highest BCUT2D eigenvalue weighted by Gasteiger charge is 2.25. The van der Waals surface area contributed by atoms with Gasteiger partial charge in [0.05, 0.1) is 11.2 Å². The van der Waals surface area contributed by atoms with Crippen molar-refractivity contribution in [1.82, 2.24) is 9.88 Å². The number of likely N-dealkylation sites (tertiary alicyclic amines) is 1. The third kappa shape index (κ3) is 5.88. The van der Waals surface area contributed by atoms with Gasteiger partial charge in [0.2, 0.25) is 0 Å². The first-order valence-corrected chi connectivity index (χ1v) is 13.1. The summed E-state index contributed by atoms with van der Waals surface area (Å²) in [6, 6.07) is 28.5. The SMILES string of the molecule is O=C(O)CCCCc1cc2cc(C(=O)N3CCC[C@@H](c4ccccc4)C3)ccc2nc1-c1ccccc1. The molecule has 0 unspecified atom stereocenters. The Kier molecular flexibility index (Phi) is 7.59. The number of benzene rings is 3. The molecule has 0 aliphatic carbocycles. The van der Waals surface area contributed by atoms with Crippen LogP contribution in [0, 0.1) is 0 Å². The van der Waals surface area contributed by atoms with Crippen molar-refractivity contribution in [1.29, 1.82) is 0 Å². The van der Waals surface area contributed by atoms with Crippen LogP contribution in [0.5, 0.6) is 0 Å². The van der Waals surface area contributed by atoms with E-state index in [4.69, 9.17) is 10.1 Å². The average molecular weight is 493 g/mol. The summed E-state index contributed by atoms with van der Waals surface area (Å²) in [6.45, 7) is 1.52. The molecule has 1 atom stereocenters. The molecule has 1 aliphatic rings. The third-order valence-corrected chi connectivity index (χ3v) is 7.25. The highest BCUT2D eigenvalue weighted by atomic mass is 16.4. The van der Waals surface area contributed by atoms with E-state index in [0.29, 0.717) is 17.9 Å². The topological polar surface area (TPSA) is 70.5 Å². The molecule has 1 N–H and O–H groups in total. The van der Waals surface area contributed by atoms with Crippen LogP contribution in [0.2, 0.25) is 0 Å². The van der Waals surface area contributed by atoms with Crippen molar-refractivity contribution < 1.29 is 14.7 Å². The minimum atomic E-state index is -0.768. The van der Waals surface area contributed by atoms with Gasteiger partial charge in [0.25, 0.3) is 5.91 Å². The Bertz CT molecular complexity index is 1390. The Balaban J connectivity index is 1.41. The molecule has 0 bridgehead atoms. The van der Waals surface area contributed by atoms with Crippen LogP contribution in [0.15, 0.2) is 84.9 Å². The molecule has 0 saturated carbocycles. The van der Waals surface area contributed by atoms with Gasteiger partial charge >= 0.3 is 5.97 Å². The predicted octanol–water partition coefficient (Wildman–Crippen LogP) is 6.72. The van der Waals surface area contributed by atoms with Crippen LogP contribution in [0.1, 0.15) is 59.5 Å². The monoisotopic (exact) mass is 492 g/mol. The number of carbonyl (C=O) groups excluding carboxylic acids is 1. The first-order chi connectivity index (χ1) is 18.1. The molecule has 4 aromatic rings. The number of unbranched alkanes of at least 4 members (excludes halogenated alkanes) is 1. The molecule has 188 valence electrons. The van der Waals surface area contributed by atoms with Crippen molar-refractivity contribution in [2.45, 2.75) is 44.4 Å². The molecule has 5 heteroatoms. The number of aromatic nitrogens is 1. The van der Waals surface area contributed by atoms with Crippen molar-refractivity contribution in [2.24, 2.45) is 0 Å². The molecule has 3 aromatic carbocycles. The van der Waals surface area contributed by atoms with Gasteiger partial charge in [-0.25, -0.2) is 4.98 Å². The average Bonchev–Trinajstić information content (AvgIpc) is 2.95. The first kappa shape index (κ1) is 24.7. The number of carbonyl (C=O) groups is 2. The third-order valence-electron chi connectivity index (χ3n) is 7.25. The van der Waals surface area contributed by atoms with Gasteiger partial charge in [-0.3, -0.25) is 9.59 Å². The summed E-state index contributed by atoms with van der Waals surface area (Å²) in [5, 5.41) is 9.95. The number of amides is 1. The van der Waals surface area contributed by atoms with Crippen LogP contribution in [0.3, 0.4) is 0 Å². The van der Waals surface area contributed by atoms with Gasteiger partial charge in [-0.1, -0.05) is 60.7 Å². The molecule has 37 heavy (non-hydrogen) atoms. The van der Waals surface area contributed by atoms with Gasteiger partial charge in [-0.05, 0) is 67.5 Å². The van der Waals surface area contributed by atoms with Gasteiger partial charge in [-0.2, -0.15) is 0 Å². The Morgan fingerprint density at radius 2 is 1.68 bits per heavy atom. The standard InChI is InChI=1S/C32H32N2O3/c35-30(36)16-8-7-14-25-20-28-21-26(17-18-29(28)33-31(25)24-12-5-2-6-13-24)32(37)34-19-9-15-27(22-34)23-10-3-1-4-11-23/h1-6,10-13,17-18,20-21,27H,7-9,14-16,19,22H2,(H,35,36)/t27-/m1/s1. The fourth-order valence-electron chi connectivity index (χ4n) is 5.32. The Labute approximate surface area is 217 Å². The van der Waals surface area contributed by atoms with Crippen LogP contribution in [-0.2, 0) is 11.2 Å². The smallest absolute Gasteiger partial charge is 0.303 e. The second kappa shape index (κ2) is 11.4. The largest absolute Gasteiger partial charge is 0.481 e. The van der Waals surface area contributed by atoms with E-state index >= 15 is 0 Å². The molecule has 0 spiro atoms. The fraction of sp³-hybridized carbons (Fsp3) is 0.281. The van der Waals surface area contributed by atoms with E-state index < -0.39 is 5.97 Å². The van der Waals surface area contributed by atoms with Crippen LogP contribution < -0.4 is 0 Å². The van der Waals surface area contributed by atoms with E-state index in [1.807, 2.05) is 59.5 Å². The number of carboxylic acid groups (broad SMARTS) is 1. The molecular formula is C32H32N2O3. The molecule has 1 saturated heterocycles. The number of piperidine rings is 1. The number of pyridine rings is 1. The van der Waals surface area contributed by atoms with Crippen molar-refractivity contribution >= 4 is 22.8 Å². The molecule has 5 rings (SSSR count). The van der Waals surface area contributed by atoms with E-state index in [0.717, 1.165) is 66.5 Å². The van der Waals surface area contributed by atoms with Gasteiger partial charge in [-0.15, -0.1) is 0 Å². The molecule has 2 heterocycles. The number of carboxylic acids is 1. The zero-order valence-corrected chi connectivity index (χ0v) is 21.0. The molecule has 1 amide bonds. The van der Waals surface area contributed by atoms with Crippen molar-refractivity contribution in [2.75, 3.05) is 13.1 Å². The van der Waals surface area contributed by atoms with Crippen molar-refractivity contribution in [3.63, 3.8) is 0 Å². The Hall–Kier alpha value is -3.99. The van der Waals surface area contributed by atoms with Crippen LogP contribution in [0.4, 0.5) is 0 Å². The lowest BCUT2D eigenvalue weighted by molar-refractivity contribution is -0.137. The molecule has 1 aromatic heterocycles. The highest BCUT2D eigenvalue weighted by molar-refractivity contribution is 5.98. The summed E-state index contributed by atoms with van der Waals surface area (Å²) >= 11 is 0. The summed E-state index contributed by atoms with van der Waals surface area (Å²) in [5.74, 6) is -0.333. The summed E-state index contributed by atoms with van der Waals surface area (Å²) in [5.41, 5.74) is 5.87. The molecular weight excluding hydrogens is 460 g/mol. The number of hydrogen-bond acceptors (Lipinski definition) is 3. The molecule has 1 fully saturated rings. The Morgan fingerprint density at radius 3 is 2.43 bits per heavy atom. The van der Waals surface area contributed by atoms with E-state index in [1.165, 1.54) is 5.56 Å². The quantitative estimate of drug-likeness (QED) is 0.277. The number of hydrogen-bond donors (Lipinski definition) is 1. The Morgan fingerprint density at radius 1 is 0.919 bits per heavy atom. The summed E-state index contributed by atoms with van der Waals surface area (Å²) in [7, 11) is 0. The normalized spacial score (nSPS) is 15.6. The summed E-state index contributed by atoms with van der Waals surface area (Å²) < 4.78 is 0. The number of fused-ring (bicyclic) bond motifs is 1. The summed E-state index contributed by atoms with van der Waals surface area (Å²) in [4.78, 5) is 31.4. The van der Waals surface area contributed by atoms with Crippen LogP contribution >= 0.6 is 0 Å². The second-order valence-corrected chi connectivity index (χ2v) is 9.87. The van der Waals surface area contributed by atoms with Crippen LogP contribution in [0.25, 0.3) is 22.2 Å². The zero-order chi connectivity index (χ0) is 25.6. The van der Waals surface area contributed by atoms with E-state index in [9.17, 15) is 9.59 Å². The van der Waals surface area contributed by atoms with Gasteiger partial charge in [0.1, 0.15) is 0 Å². The zero-order valence-electron chi connectivity index (χ0n) is 21.0. The number of rotatable bonds is 8. The maximum Gasteiger partial charge on any atom is 0.303 e. The second-order valence-electron chi connectivity index (χ2n) is 9.87. The lowest BCUT2D eigenvalue weighted by Crippen LogP contribution is -2.39. The number of aliphatic carboxylic acids is 1. The van der Waals surface area contributed by atoms with Crippen LogP contribution in [-0.4, -0.2) is 40.0 Å². The predicted molar refractivity (Wildman–Crippen MR) is 147 cm³/mol. The van der Waals surface area contributed by atoms with Gasteiger partial charge in [0, 0.05) is 41.9 Å². The summed E-state index contributed by atoms with van der Waals surface area (Å²) in [6.07, 6.45) is 4.40. The molecule has 1 aliphatic heterocycles. The number of aryl methyl sites for hydroxylation is 1. The van der Waals surface area contributed by atoms with E-state index in [-0.39, 0.29) is 12.3 Å². The highest BCUT2D eigenvalue weighted by Crippen LogP contribution is 2.30. The van der Waals surface area contributed by atoms with E-state index in [2.05, 4.69) is 30.3 Å². The van der Waals surface area contributed by atoms with E-state index in [1.54, 1.807) is 0 Å². The lowest BCUT2D eigenvalue weighted by Gasteiger charge is -2.33. The maximum atomic E-state index is 13.5. The first-order valence-electron chi connectivity index (χ1n) is 13.1. The minimum absolute atomic E-state index is 0.0673.